The Hall–Kier alpha value is -3.88. The van der Waals surface area contributed by atoms with Crippen LogP contribution in [0.5, 0.6) is 0 Å². The van der Waals surface area contributed by atoms with Crippen LogP contribution in [0.2, 0.25) is 0 Å². The van der Waals surface area contributed by atoms with Gasteiger partial charge >= 0.3 is 6.03 Å². The van der Waals surface area contributed by atoms with Crippen molar-refractivity contribution in [3.63, 3.8) is 0 Å². The molecule has 1 N–H and O–H groups in total. The van der Waals surface area contributed by atoms with Crippen LogP contribution in [0.15, 0.2) is 60.9 Å². The van der Waals surface area contributed by atoms with Crippen molar-refractivity contribution in [2.75, 3.05) is 25.5 Å². The molecule has 3 aromatic rings. The predicted molar refractivity (Wildman–Crippen MR) is 126 cm³/mol. The Balaban J connectivity index is 0.00000324. The lowest BCUT2D eigenvalue weighted by Crippen LogP contribution is -2.48. The van der Waals surface area contributed by atoms with E-state index in [4.69, 9.17) is 0 Å². The number of nitrogens with one attached hydrogen (secondary N) is 1. The number of hydrogen-bond acceptors (Lipinski definition) is 4. The molecule has 1 aliphatic rings. The van der Waals surface area contributed by atoms with E-state index < -0.39 is 11.6 Å². The van der Waals surface area contributed by atoms with E-state index >= 15 is 0 Å². The second-order valence-electron chi connectivity index (χ2n) is 7.88. The number of halogens is 2. The number of likely N-dealkylation sites (tertiary alicyclic amines) is 1. The van der Waals surface area contributed by atoms with Crippen molar-refractivity contribution in [2.45, 2.75) is 26.3 Å². The molecule has 9 heteroatoms. The first kappa shape index (κ1) is 24.8. The third-order valence-corrected chi connectivity index (χ3v) is 5.69. The molecule has 1 aromatic heterocycles. The van der Waals surface area contributed by atoms with Gasteiger partial charge in [0.2, 0.25) is 0 Å². The number of aromatic nitrogens is 2. The third kappa shape index (κ3) is 5.72. The largest absolute Gasteiger partial charge is 0.338 e. The van der Waals surface area contributed by atoms with Gasteiger partial charge in [0.1, 0.15) is 11.6 Å². The van der Waals surface area contributed by atoms with Crippen LogP contribution in [0.3, 0.4) is 0 Å². The van der Waals surface area contributed by atoms with Crippen LogP contribution in [0.4, 0.5) is 19.4 Å². The van der Waals surface area contributed by atoms with E-state index in [2.05, 4.69) is 15.3 Å². The molecule has 1 aliphatic heterocycles. The van der Waals surface area contributed by atoms with E-state index in [0.717, 1.165) is 18.2 Å². The number of carbonyl (C=O) groups is 2. The summed E-state index contributed by atoms with van der Waals surface area (Å²) in [7, 11) is 1.70. The third-order valence-electron chi connectivity index (χ3n) is 5.69. The van der Waals surface area contributed by atoms with Gasteiger partial charge in [-0.05, 0) is 37.1 Å². The molecule has 178 valence electrons. The molecule has 1 saturated heterocycles. The fourth-order valence-electron chi connectivity index (χ4n) is 3.83. The van der Waals surface area contributed by atoms with Gasteiger partial charge in [-0.1, -0.05) is 25.6 Å². The second-order valence-corrected chi connectivity index (χ2v) is 7.88. The van der Waals surface area contributed by atoms with Crippen LogP contribution in [0.25, 0.3) is 11.3 Å². The zero-order chi connectivity index (χ0) is 23.4. The molecule has 0 saturated carbocycles. The highest BCUT2D eigenvalue weighted by Gasteiger charge is 2.28. The number of urea groups is 1. The SMILES string of the molecule is C.CN(C(=O)Nc1cnc(-c2cc(F)cc(F)c2)cn1)C1CCN(C(=O)c2ccccc2)CC1. The van der Waals surface area contributed by atoms with Gasteiger partial charge in [-0.3, -0.25) is 15.1 Å². The Labute approximate surface area is 197 Å². The zero-order valence-corrected chi connectivity index (χ0v) is 18.0. The first-order chi connectivity index (χ1) is 15.9. The molecule has 0 aliphatic carbocycles. The zero-order valence-electron chi connectivity index (χ0n) is 18.0. The molecular formula is C25H27F2N5O2. The Morgan fingerprint density at radius 1 is 1.00 bits per heavy atom. The highest BCUT2D eigenvalue weighted by Crippen LogP contribution is 2.21. The lowest BCUT2D eigenvalue weighted by molar-refractivity contribution is 0.0671. The van der Waals surface area contributed by atoms with E-state index in [1.165, 1.54) is 12.4 Å². The van der Waals surface area contributed by atoms with Gasteiger partial charge in [-0.2, -0.15) is 0 Å². The summed E-state index contributed by atoms with van der Waals surface area (Å²) in [5.74, 6) is -1.19. The molecule has 0 spiro atoms. The molecule has 0 radical (unpaired) electrons. The van der Waals surface area contributed by atoms with Crippen molar-refractivity contribution in [2.24, 2.45) is 0 Å². The minimum atomic E-state index is -0.706. The molecule has 0 bridgehead atoms. The van der Waals surface area contributed by atoms with E-state index in [9.17, 15) is 18.4 Å². The van der Waals surface area contributed by atoms with Crippen LogP contribution >= 0.6 is 0 Å². The molecule has 3 amide bonds. The maximum absolute atomic E-state index is 13.4. The Morgan fingerprint density at radius 2 is 1.65 bits per heavy atom. The minimum Gasteiger partial charge on any atom is -0.338 e. The predicted octanol–water partition coefficient (Wildman–Crippen LogP) is 4.83. The molecule has 2 aromatic carbocycles. The van der Waals surface area contributed by atoms with E-state index in [0.29, 0.717) is 31.5 Å². The smallest absolute Gasteiger partial charge is 0.323 e. The maximum Gasteiger partial charge on any atom is 0.323 e. The number of rotatable bonds is 4. The van der Waals surface area contributed by atoms with Gasteiger partial charge in [0.15, 0.2) is 5.82 Å². The van der Waals surface area contributed by atoms with Crippen molar-refractivity contribution in [1.29, 1.82) is 0 Å². The Morgan fingerprint density at radius 3 is 2.24 bits per heavy atom. The number of nitrogens with zero attached hydrogens (tertiary/aromatic N) is 4. The van der Waals surface area contributed by atoms with Crippen molar-refractivity contribution < 1.29 is 18.4 Å². The second kappa shape index (κ2) is 10.8. The molecule has 1 fully saturated rings. The van der Waals surface area contributed by atoms with Crippen LogP contribution in [0, 0.1) is 11.6 Å². The average molecular weight is 468 g/mol. The first-order valence-electron chi connectivity index (χ1n) is 10.6. The summed E-state index contributed by atoms with van der Waals surface area (Å²) in [4.78, 5) is 36.9. The van der Waals surface area contributed by atoms with E-state index in [1.807, 2.05) is 18.2 Å². The summed E-state index contributed by atoms with van der Waals surface area (Å²) in [6.07, 6.45) is 4.01. The van der Waals surface area contributed by atoms with Crippen molar-refractivity contribution in [3.05, 3.63) is 78.1 Å². The van der Waals surface area contributed by atoms with Crippen molar-refractivity contribution in [3.8, 4) is 11.3 Å². The summed E-state index contributed by atoms with van der Waals surface area (Å²) < 4.78 is 26.8. The fourth-order valence-corrected chi connectivity index (χ4v) is 3.83. The van der Waals surface area contributed by atoms with Crippen LogP contribution < -0.4 is 5.32 Å². The minimum absolute atomic E-state index is 0. The van der Waals surface area contributed by atoms with Crippen LogP contribution in [-0.4, -0.2) is 57.9 Å². The number of anilines is 1. The number of amides is 3. The average Bonchev–Trinajstić information content (AvgIpc) is 2.83. The fraction of sp³-hybridized carbons (Fsp3) is 0.280. The Kier molecular flexibility index (Phi) is 7.88. The molecule has 4 rings (SSSR count). The van der Waals surface area contributed by atoms with Crippen LogP contribution in [-0.2, 0) is 0 Å². The molecule has 2 heterocycles. The molecule has 7 nitrogen and oxygen atoms in total. The van der Waals surface area contributed by atoms with Crippen molar-refractivity contribution >= 4 is 17.8 Å². The van der Waals surface area contributed by atoms with E-state index in [-0.39, 0.29) is 42.5 Å². The van der Waals surface area contributed by atoms with E-state index in [1.54, 1.807) is 29.0 Å². The molecule has 0 atom stereocenters. The highest BCUT2D eigenvalue weighted by molar-refractivity contribution is 5.94. The standard InChI is InChI=1S/C24H23F2N5O2.CH4/c1-30(20-7-9-31(10-8-20)23(32)16-5-3-2-4-6-16)24(33)29-22-15-27-21(14-28-22)17-11-18(25)13-19(26)12-17;/h2-6,11-15,20H,7-10H2,1H3,(H,28,29,33);1H4. The lowest BCUT2D eigenvalue weighted by Gasteiger charge is -2.36. The monoisotopic (exact) mass is 467 g/mol. The maximum atomic E-state index is 13.4. The summed E-state index contributed by atoms with van der Waals surface area (Å²) in [6, 6.07) is 11.9. The molecule has 0 unspecified atom stereocenters. The van der Waals surface area contributed by atoms with Crippen molar-refractivity contribution in [1.82, 2.24) is 19.8 Å². The Bertz CT molecular complexity index is 1110. The normalized spacial score (nSPS) is 13.7. The summed E-state index contributed by atoms with van der Waals surface area (Å²) >= 11 is 0. The molecular weight excluding hydrogens is 440 g/mol. The van der Waals surface area contributed by atoms with Gasteiger partial charge in [0, 0.05) is 43.4 Å². The number of benzene rings is 2. The first-order valence-corrected chi connectivity index (χ1v) is 10.6. The van der Waals surface area contributed by atoms with Gasteiger partial charge < -0.3 is 9.80 Å². The van der Waals surface area contributed by atoms with Gasteiger partial charge in [0.25, 0.3) is 5.91 Å². The number of hydrogen-bond donors (Lipinski definition) is 1. The van der Waals surface area contributed by atoms with Gasteiger partial charge in [-0.25, -0.2) is 18.6 Å². The van der Waals surface area contributed by atoms with Gasteiger partial charge in [0.05, 0.1) is 18.1 Å². The summed E-state index contributed by atoms with van der Waals surface area (Å²) in [5, 5.41) is 2.68. The highest BCUT2D eigenvalue weighted by atomic mass is 19.1. The summed E-state index contributed by atoms with van der Waals surface area (Å²) in [6.45, 7) is 1.13. The van der Waals surface area contributed by atoms with Gasteiger partial charge in [-0.15, -0.1) is 0 Å². The topological polar surface area (TPSA) is 78.4 Å². The lowest BCUT2D eigenvalue weighted by atomic mass is 10.0. The quantitative estimate of drug-likeness (QED) is 0.596. The summed E-state index contributed by atoms with van der Waals surface area (Å²) in [5.41, 5.74) is 1.20. The number of piperidine rings is 1. The molecule has 34 heavy (non-hydrogen) atoms. The number of carbonyl (C=O) groups excluding carboxylic acids is 2. The van der Waals surface area contributed by atoms with Crippen LogP contribution in [0.1, 0.15) is 30.6 Å².